The monoisotopic (exact) mass is 321 g/mol. The molecule has 1 fully saturated rings. The first-order valence-corrected chi connectivity index (χ1v) is 8.19. The van der Waals surface area contributed by atoms with Crippen LogP contribution in [0.4, 0.5) is 11.4 Å². The second-order valence-electron chi connectivity index (χ2n) is 6.34. The number of fused-ring (bicyclic) bond motifs is 1. The molecule has 2 aromatic rings. The van der Waals surface area contributed by atoms with Gasteiger partial charge in [0.1, 0.15) is 6.17 Å². The molecule has 0 aromatic heterocycles. The standard InChI is InChI=1S/C19H19N3O2/c1-12(23)20-14-8-6-13(7-9-14)18-21-17-5-3-2-4-16(17)19(24)22(18)15-10-11-15/h2-9,15,18,21H,10-11H2,1H3,(H,20,23)/t18-/m1/s1. The molecule has 4 rings (SSSR count). The van der Waals surface area contributed by atoms with Crippen LogP contribution in [0.15, 0.2) is 48.5 Å². The van der Waals surface area contributed by atoms with E-state index in [-0.39, 0.29) is 18.0 Å². The summed E-state index contributed by atoms with van der Waals surface area (Å²) in [6.45, 7) is 1.49. The number of hydrogen-bond donors (Lipinski definition) is 2. The van der Waals surface area contributed by atoms with Gasteiger partial charge in [0.2, 0.25) is 5.91 Å². The summed E-state index contributed by atoms with van der Waals surface area (Å²) in [5.74, 6) is -0.00922. The van der Waals surface area contributed by atoms with Crippen LogP contribution < -0.4 is 10.6 Å². The van der Waals surface area contributed by atoms with Crippen LogP contribution in [-0.4, -0.2) is 22.8 Å². The smallest absolute Gasteiger partial charge is 0.258 e. The van der Waals surface area contributed by atoms with Crippen LogP contribution in [0.25, 0.3) is 0 Å². The predicted molar refractivity (Wildman–Crippen MR) is 92.7 cm³/mol. The van der Waals surface area contributed by atoms with Gasteiger partial charge in [-0.3, -0.25) is 9.59 Å². The van der Waals surface area contributed by atoms with Gasteiger partial charge in [0.25, 0.3) is 5.91 Å². The summed E-state index contributed by atoms with van der Waals surface area (Å²) in [4.78, 5) is 26.0. The van der Waals surface area contributed by atoms with Crippen molar-refractivity contribution in [2.24, 2.45) is 0 Å². The Bertz CT molecular complexity index is 797. The molecule has 0 unspecified atom stereocenters. The number of nitrogens with one attached hydrogen (secondary N) is 2. The molecule has 0 radical (unpaired) electrons. The van der Waals surface area contributed by atoms with Crippen molar-refractivity contribution in [2.45, 2.75) is 32.0 Å². The SMILES string of the molecule is CC(=O)Nc1ccc([C@@H]2Nc3ccccc3C(=O)N2C2CC2)cc1. The van der Waals surface area contributed by atoms with E-state index in [2.05, 4.69) is 10.6 Å². The number of hydrogen-bond acceptors (Lipinski definition) is 3. The zero-order valence-corrected chi connectivity index (χ0v) is 13.5. The Balaban J connectivity index is 1.68. The molecule has 1 saturated carbocycles. The fourth-order valence-corrected chi connectivity index (χ4v) is 3.19. The van der Waals surface area contributed by atoms with Crippen LogP contribution in [0.5, 0.6) is 0 Å². The van der Waals surface area contributed by atoms with Gasteiger partial charge < -0.3 is 15.5 Å². The van der Waals surface area contributed by atoms with E-state index in [1.54, 1.807) is 0 Å². The number of benzene rings is 2. The maximum absolute atomic E-state index is 12.9. The highest BCUT2D eigenvalue weighted by atomic mass is 16.2. The Hall–Kier alpha value is -2.82. The lowest BCUT2D eigenvalue weighted by Gasteiger charge is -2.38. The molecule has 0 bridgehead atoms. The molecule has 24 heavy (non-hydrogen) atoms. The maximum atomic E-state index is 12.9. The van der Waals surface area contributed by atoms with Crippen molar-refractivity contribution in [3.63, 3.8) is 0 Å². The minimum atomic E-state index is -0.175. The summed E-state index contributed by atoms with van der Waals surface area (Å²) in [5, 5.41) is 6.26. The van der Waals surface area contributed by atoms with Gasteiger partial charge in [-0.1, -0.05) is 24.3 Å². The number of anilines is 2. The summed E-state index contributed by atoms with van der Waals surface area (Å²) in [7, 11) is 0. The fourth-order valence-electron chi connectivity index (χ4n) is 3.19. The first kappa shape index (κ1) is 14.8. The molecule has 2 aliphatic rings. The van der Waals surface area contributed by atoms with Crippen molar-refractivity contribution in [3.8, 4) is 0 Å². The topological polar surface area (TPSA) is 61.4 Å². The average Bonchev–Trinajstić information content (AvgIpc) is 3.40. The highest BCUT2D eigenvalue weighted by Gasteiger charge is 2.41. The third-order valence-corrected chi connectivity index (χ3v) is 4.45. The van der Waals surface area contributed by atoms with Gasteiger partial charge in [0.05, 0.1) is 5.56 Å². The lowest BCUT2D eigenvalue weighted by molar-refractivity contribution is -0.114. The molecule has 1 aliphatic carbocycles. The van der Waals surface area contributed by atoms with Gasteiger partial charge in [0.15, 0.2) is 0 Å². The van der Waals surface area contributed by atoms with E-state index in [9.17, 15) is 9.59 Å². The summed E-state index contributed by atoms with van der Waals surface area (Å²) in [6, 6.07) is 15.6. The van der Waals surface area contributed by atoms with E-state index in [0.29, 0.717) is 6.04 Å². The van der Waals surface area contributed by atoms with E-state index in [0.717, 1.165) is 35.3 Å². The average molecular weight is 321 g/mol. The Morgan fingerprint density at radius 2 is 1.83 bits per heavy atom. The molecule has 2 amide bonds. The highest BCUT2D eigenvalue weighted by molar-refractivity contribution is 6.02. The van der Waals surface area contributed by atoms with Gasteiger partial charge in [-0.05, 0) is 42.7 Å². The molecule has 1 aliphatic heterocycles. The first-order chi connectivity index (χ1) is 11.6. The fraction of sp³-hybridized carbons (Fsp3) is 0.263. The highest BCUT2D eigenvalue weighted by Crippen LogP contribution is 2.40. The second-order valence-corrected chi connectivity index (χ2v) is 6.34. The molecular weight excluding hydrogens is 302 g/mol. The third kappa shape index (κ3) is 2.62. The zero-order chi connectivity index (χ0) is 16.7. The van der Waals surface area contributed by atoms with Crippen LogP contribution in [0, 0.1) is 0 Å². The summed E-state index contributed by atoms with van der Waals surface area (Å²) >= 11 is 0. The van der Waals surface area contributed by atoms with Gasteiger partial charge in [-0.2, -0.15) is 0 Å². The molecule has 1 heterocycles. The van der Waals surface area contributed by atoms with Crippen molar-refractivity contribution in [3.05, 3.63) is 59.7 Å². The minimum absolute atomic E-state index is 0.0859. The van der Waals surface area contributed by atoms with Gasteiger partial charge >= 0.3 is 0 Å². The Morgan fingerprint density at radius 3 is 2.50 bits per heavy atom. The zero-order valence-electron chi connectivity index (χ0n) is 13.5. The second kappa shape index (κ2) is 5.67. The van der Waals surface area contributed by atoms with Crippen molar-refractivity contribution in [2.75, 3.05) is 10.6 Å². The van der Waals surface area contributed by atoms with Crippen LogP contribution in [-0.2, 0) is 4.79 Å². The van der Waals surface area contributed by atoms with E-state index in [4.69, 9.17) is 0 Å². The van der Waals surface area contributed by atoms with Crippen molar-refractivity contribution in [1.82, 2.24) is 4.90 Å². The van der Waals surface area contributed by atoms with Crippen molar-refractivity contribution < 1.29 is 9.59 Å². The van der Waals surface area contributed by atoms with E-state index < -0.39 is 0 Å². The van der Waals surface area contributed by atoms with Crippen molar-refractivity contribution in [1.29, 1.82) is 0 Å². The Kier molecular flexibility index (Phi) is 3.49. The number of carbonyl (C=O) groups is 2. The van der Waals surface area contributed by atoms with Crippen LogP contribution in [0.2, 0.25) is 0 Å². The first-order valence-electron chi connectivity index (χ1n) is 8.19. The van der Waals surface area contributed by atoms with Gasteiger partial charge in [0, 0.05) is 24.3 Å². The normalized spacial score (nSPS) is 19.5. The quantitative estimate of drug-likeness (QED) is 0.911. The van der Waals surface area contributed by atoms with Crippen LogP contribution >= 0.6 is 0 Å². The molecule has 2 aromatic carbocycles. The Labute approximate surface area is 140 Å². The van der Waals surface area contributed by atoms with Crippen LogP contribution in [0.1, 0.15) is 41.9 Å². The summed E-state index contributed by atoms with van der Waals surface area (Å²) in [6.07, 6.45) is 1.93. The molecule has 2 N–H and O–H groups in total. The molecule has 5 nitrogen and oxygen atoms in total. The number of amides is 2. The molecule has 0 spiro atoms. The molecule has 1 atom stereocenters. The summed E-state index contributed by atoms with van der Waals surface area (Å²) < 4.78 is 0. The maximum Gasteiger partial charge on any atom is 0.258 e. The predicted octanol–water partition coefficient (Wildman–Crippen LogP) is 3.37. The van der Waals surface area contributed by atoms with E-state index in [1.807, 2.05) is 53.4 Å². The molecule has 5 heteroatoms. The number of carbonyl (C=O) groups excluding carboxylic acids is 2. The lowest BCUT2D eigenvalue weighted by Crippen LogP contribution is -2.44. The summed E-state index contributed by atoms with van der Waals surface area (Å²) in [5.41, 5.74) is 3.37. The molecule has 122 valence electrons. The van der Waals surface area contributed by atoms with Crippen LogP contribution in [0.3, 0.4) is 0 Å². The van der Waals surface area contributed by atoms with Crippen molar-refractivity contribution >= 4 is 23.2 Å². The third-order valence-electron chi connectivity index (χ3n) is 4.45. The Morgan fingerprint density at radius 1 is 1.12 bits per heavy atom. The number of nitrogens with zero attached hydrogens (tertiary/aromatic N) is 1. The largest absolute Gasteiger partial charge is 0.361 e. The van der Waals surface area contributed by atoms with Gasteiger partial charge in [-0.25, -0.2) is 0 Å². The molecule has 0 saturated heterocycles. The van der Waals surface area contributed by atoms with E-state index in [1.165, 1.54) is 6.92 Å². The lowest BCUT2D eigenvalue weighted by atomic mass is 10.0. The molecular formula is C19H19N3O2. The van der Waals surface area contributed by atoms with Gasteiger partial charge in [-0.15, -0.1) is 0 Å². The number of rotatable bonds is 3. The van der Waals surface area contributed by atoms with E-state index >= 15 is 0 Å². The number of para-hydroxylation sites is 1. The minimum Gasteiger partial charge on any atom is -0.361 e.